The van der Waals surface area contributed by atoms with Crippen LogP contribution in [0.2, 0.25) is 0 Å². The summed E-state index contributed by atoms with van der Waals surface area (Å²) in [6.07, 6.45) is 5.85. The lowest BCUT2D eigenvalue weighted by Crippen LogP contribution is -2.38. The Hall–Kier alpha value is -2.89. The third kappa shape index (κ3) is 5.26. The van der Waals surface area contributed by atoms with Gasteiger partial charge in [-0.05, 0) is 61.7 Å². The first-order valence-electron chi connectivity index (χ1n) is 12.0. The number of anilines is 1. The van der Waals surface area contributed by atoms with E-state index in [0.717, 1.165) is 50.8 Å². The molecular weight excluding hydrogens is 448 g/mol. The van der Waals surface area contributed by atoms with Crippen LogP contribution in [0.3, 0.4) is 0 Å². The average Bonchev–Trinajstić information content (AvgIpc) is 3.15. The first kappa shape index (κ1) is 24.2. The number of rotatable bonds is 5. The SMILES string of the molecule is CN(C1CCCCC1)S(=O)(=O)c1cccc(C(=O)N2CCCN(c3ccc(C#N)cc3)CC2)c1. The zero-order valence-corrected chi connectivity index (χ0v) is 20.5. The Balaban J connectivity index is 1.46. The van der Waals surface area contributed by atoms with Crippen molar-refractivity contribution in [1.29, 1.82) is 5.26 Å². The van der Waals surface area contributed by atoms with Gasteiger partial charge < -0.3 is 9.80 Å². The number of hydrogen-bond donors (Lipinski definition) is 0. The monoisotopic (exact) mass is 480 g/mol. The van der Waals surface area contributed by atoms with Crippen molar-refractivity contribution in [3.8, 4) is 6.07 Å². The molecule has 0 bridgehead atoms. The first-order chi connectivity index (χ1) is 16.4. The molecule has 34 heavy (non-hydrogen) atoms. The van der Waals surface area contributed by atoms with Crippen LogP contribution in [0.15, 0.2) is 53.4 Å². The summed E-state index contributed by atoms with van der Waals surface area (Å²) < 4.78 is 28.0. The van der Waals surface area contributed by atoms with E-state index in [4.69, 9.17) is 5.26 Å². The predicted molar refractivity (Wildman–Crippen MR) is 132 cm³/mol. The van der Waals surface area contributed by atoms with Crippen LogP contribution in [0.1, 0.15) is 54.4 Å². The van der Waals surface area contributed by atoms with Crippen LogP contribution in [-0.2, 0) is 10.0 Å². The van der Waals surface area contributed by atoms with E-state index in [1.165, 1.54) is 10.4 Å². The Morgan fingerprint density at radius 1 is 0.971 bits per heavy atom. The fraction of sp³-hybridized carbons (Fsp3) is 0.462. The second kappa shape index (κ2) is 10.6. The van der Waals surface area contributed by atoms with Gasteiger partial charge in [0.15, 0.2) is 0 Å². The van der Waals surface area contributed by atoms with E-state index in [0.29, 0.717) is 30.8 Å². The molecule has 0 spiro atoms. The van der Waals surface area contributed by atoms with E-state index in [-0.39, 0.29) is 16.8 Å². The minimum atomic E-state index is -3.65. The molecule has 2 aliphatic rings. The Labute approximate surface area is 202 Å². The second-order valence-electron chi connectivity index (χ2n) is 9.13. The van der Waals surface area contributed by atoms with E-state index in [9.17, 15) is 13.2 Å². The number of sulfonamides is 1. The number of carbonyl (C=O) groups is 1. The summed E-state index contributed by atoms with van der Waals surface area (Å²) in [4.78, 5) is 17.5. The molecule has 4 rings (SSSR count). The van der Waals surface area contributed by atoms with Crippen molar-refractivity contribution >= 4 is 21.6 Å². The molecule has 0 unspecified atom stereocenters. The molecule has 2 aromatic rings. The quantitative estimate of drug-likeness (QED) is 0.649. The third-order valence-electron chi connectivity index (χ3n) is 6.99. The van der Waals surface area contributed by atoms with Crippen LogP contribution in [0.4, 0.5) is 5.69 Å². The van der Waals surface area contributed by atoms with E-state index in [2.05, 4.69) is 11.0 Å². The highest BCUT2D eigenvalue weighted by Crippen LogP contribution is 2.27. The molecule has 180 valence electrons. The fourth-order valence-electron chi connectivity index (χ4n) is 4.90. The van der Waals surface area contributed by atoms with Gasteiger partial charge in [0.05, 0.1) is 16.5 Å². The van der Waals surface area contributed by atoms with Crippen LogP contribution < -0.4 is 4.90 Å². The number of nitrogens with zero attached hydrogens (tertiary/aromatic N) is 4. The van der Waals surface area contributed by atoms with Gasteiger partial charge in [-0.25, -0.2) is 8.42 Å². The normalized spacial score (nSPS) is 17.9. The topological polar surface area (TPSA) is 84.7 Å². The Bertz CT molecular complexity index is 1150. The summed E-state index contributed by atoms with van der Waals surface area (Å²) >= 11 is 0. The van der Waals surface area contributed by atoms with Gasteiger partial charge in [0.2, 0.25) is 10.0 Å². The standard InChI is InChI=1S/C26H32N4O3S/c1-28(23-8-3-2-4-9-23)34(32,33)25-10-5-7-22(19-25)26(31)30-16-6-15-29(17-18-30)24-13-11-21(20-27)12-14-24/h5,7,10-14,19,23H,2-4,6,8-9,15-18H2,1H3. The molecule has 7 nitrogen and oxygen atoms in total. The van der Waals surface area contributed by atoms with Gasteiger partial charge >= 0.3 is 0 Å². The van der Waals surface area contributed by atoms with Gasteiger partial charge in [0, 0.05) is 50.5 Å². The zero-order chi connectivity index (χ0) is 24.1. The number of hydrogen-bond acceptors (Lipinski definition) is 5. The predicted octanol–water partition coefficient (Wildman–Crippen LogP) is 3.86. The van der Waals surface area contributed by atoms with Crippen LogP contribution >= 0.6 is 0 Å². The number of carbonyl (C=O) groups excluding carboxylic acids is 1. The first-order valence-corrected chi connectivity index (χ1v) is 13.5. The van der Waals surface area contributed by atoms with Gasteiger partial charge in [-0.1, -0.05) is 25.3 Å². The molecule has 2 aromatic carbocycles. The maximum absolute atomic E-state index is 13.3. The van der Waals surface area contributed by atoms with E-state index in [1.54, 1.807) is 42.3 Å². The van der Waals surface area contributed by atoms with Crippen LogP contribution in [0.5, 0.6) is 0 Å². The lowest BCUT2D eigenvalue weighted by molar-refractivity contribution is 0.0766. The van der Waals surface area contributed by atoms with Gasteiger partial charge in [-0.2, -0.15) is 9.57 Å². The summed E-state index contributed by atoms with van der Waals surface area (Å²) in [7, 11) is -1.99. The Morgan fingerprint density at radius 2 is 1.71 bits per heavy atom. The Kier molecular flexibility index (Phi) is 7.54. The summed E-state index contributed by atoms with van der Waals surface area (Å²) in [6, 6.07) is 16.1. The average molecular weight is 481 g/mol. The van der Waals surface area contributed by atoms with E-state index >= 15 is 0 Å². The molecule has 2 fully saturated rings. The smallest absolute Gasteiger partial charge is 0.253 e. The molecule has 1 heterocycles. The molecule has 1 saturated carbocycles. The summed E-state index contributed by atoms with van der Waals surface area (Å²) in [5.41, 5.74) is 2.07. The number of nitriles is 1. The third-order valence-corrected chi connectivity index (χ3v) is 8.90. The highest BCUT2D eigenvalue weighted by atomic mass is 32.2. The van der Waals surface area contributed by atoms with Crippen molar-refractivity contribution in [3.63, 3.8) is 0 Å². The maximum atomic E-state index is 13.3. The lowest BCUT2D eigenvalue weighted by Gasteiger charge is -2.30. The molecule has 0 aromatic heterocycles. The molecular formula is C26H32N4O3S. The Morgan fingerprint density at radius 3 is 2.41 bits per heavy atom. The molecule has 1 saturated heterocycles. The summed E-state index contributed by atoms with van der Waals surface area (Å²) in [6.45, 7) is 2.67. The lowest BCUT2D eigenvalue weighted by atomic mass is 9.96. The van der Waals surface area contributed by atoms with Crippen molar-refractivity contribution in [2.24, 2.45) is 0 Å². The number of amides is 1. The van der Waals surface area contributed by atoms with Crippen LogP contribution in [0.25, 0.3) is 0 Å². The van der Waals surface area contributed by atoms with E-state index in [1.807, 2.05) is 12.1 Å². The molecule has 0 atom stereocenters. The van der Waals surface area contributed by atoms with E-state index < -0.39 is 10.0 Å². The molecule has 8 heteroatoms. The van der Waals surface area contributed by atoms with Gasteiger partial charge in [0.1, 0.15) is 0 Å². The molecule has 1 aliphatic carbocycles. The van der Waals surface area contributed by atoms with Crippen LogP contribution in [0, 0.1) is 11.3 Å². The molecule has 0 N–H and O–H groups in total. The molecule has 0 radical (unpaired) electrons. The minimum absolute atomic E-state index is 0.0249. The molecule has 1 aliphatic heterocycles. The maximum Gasteiger partial charge on any atom is 0.253 e. The van der Waals surface area contributed by atoms with Gasteiger partial charge in [-0.3, -0.25) is 4.79 Å². The van der Waals surface area contributed by atoms with Crippen molar-refractivity contribution < 1.29 is 13.2 Å². The zero-order valence-electron chi connectivity index (χ0n) is 19.7. The summed E-state index contributed by atoms with van der Waals surface area (Å²) in [5, 5.41) is 9.01. The highest BCUT2D eigenvalue weighted by molar-refractivity contribution is 7.89. The van der Waals surface area contributed by atoms with Crippen molar-refractivity contribution in [2.75, 3.05) is 38.1 Å². The molecule has 1 amide bonds. The van der Waals surface area contributed by atoms with Gasteiger partial charge in [-0.15, -0.1) is 0 Å². The van der Waals surface area contributed by atoms with Crippen molar-refractivity contribution in [1.82, 2.24) is 9.21 Å². The summed E-state index contributed by atoms with van der Waals surface area (Å²) in [5.74, 6) is -0.140. The second-order valence-corrected chi connectivity index (χ2v) is 11.1. The van der Waals surface area contributed by atoms with Crippen molar-refractivity contribution in [2.45, 2.75) is 49.5 Å². The van der Waals surface area contributed by atoms with Crippen molar-refractivity contribution in [3.05, 3.63) is 59.7 Å². The largest absolute Gasteiger partial charge is 0.370 e. The highest BCUT2D eigenvalue weighted by Gasteiger charge is 2.30. The minimum Gasteiger partial charge on any atom is -0.370 e. The number of benzene rings is 2. The fourth-order valence-corrected chi connectivity index (χ4v) is 6.37. The van der Waals surface area contributed by atoms with Crippen LogP contribution in [-0.4, -0.2) is 62.8 Å². The van der Waals surface area contributed by atoms with Gasteiger partial charge in [0.25, 0.3) is 5.91 Å².